The molecule has 1 saturated heterocycles. The smallest absolute Gasteiger partial charge is 0.257 e. The molecule has 2 N–H and O–H groups in total. The molecule has 1 amide bonds. The molecule has 1 unspecified atom stereocenters. The molecule has 21 heavy (non-hydrogen) atoms. The van der Waals surface area contributed by atoms with Gasteiger partial charge in [-0.15, -0.1) is 12.4 Å². The number of carbonyl (C=O) groups excluding carboxylic acids is 1. The number of rotatable bonds is 3. The topological polar surface area (TPSA) is 72.1 Å². The first-order valence-corrected chi connectivity index (χ1v) is 7.35. The van der Waals surface area contributed by atoms with Gasteiger partial charge in [0, 0.05) is 25.3 Å². The standard InChI is InChI=1S/C15H24N4O.ClH/c1-10(2)14-13(8-17-9-18-14)15(20)19-6-4-12(5-7-19)11(3)16;/h8-12H,4-7,16H2,1-3H3;1H. The van der Waals surface area contributed by atoms with Gasteiger partial charge in [-0.25, -0.2) is 9.97 Å². The number of nitrogens with two attached hydrogens (primary N) is 1. The molecule has 0 saturated carbocycles. The fourth-order valence-electron chi connectivity index (χ4n) is 2.76. The first kappa shape index (κ1) is 17.9. The maximum absolute atomic E-state index is 12.6. The van der Waals surface area contributed by atoms with E-state index in [1.54, 1.807) is 6.20 Å². The minimum Gasteiger partial charge on any atom is -0.339 e. The quantitative estimate of drug-likeness (QED) is 0.929. The monoisotopic (exact) mass is 312 g/mol. The number of piperidine rings is 1. The van der Waals surface area contributed by atoms with Crippen molar-refractivity contribution >= 4 is 18.3 Å². The van der Waals surface area contributed by atoms with Crippen molar-refractivity contribution < 1.29 is 4.79 Å². The molecule has 118 valence electrons. The molecule has 0 aliphatic carbocycles. The third-order valence-corrected chi connectivity index (χ3v) is 4.09. The summed E-state index contributed by atoms with van der Waals surface area (Å²) in [5.74, 6) is 0.798. The molecule has 1 aliphatic rings. The van der Waals surface area contributed by atoms with E-state index in [1.807, 2.05) is 25.7 Å². The van der Waals surface area contributed by atoms with Crippen LogP contribution in [0.2, 0.25) is 0 Å². The minimum absolute atomic E-state index is 0. The maximum atomic E-state index is 12.6. The average molecular weight is 313 g/mol. The van der Waals surface area contributed by atoms with Crippen LogP contribution in [0.15, 0.2) is 12.5 Å². The first-order chi connectivity index (χ1) is 9.50. The molecule has 1 atom stereocenters. The molecular formula is C15H25ClN4O. The van der Waals surface area contributed by atoms with Gasteiger partial charge in [0.05, 0.1) is 11.3 Å². The second-order valence-electron chi connectivity index (χ2n) is 5.97. The molecule has 0 bridgehead atoms. The number of aromatic nitrogens is 2. The zero-order valence-electron chi connectivity index (χ0n) is 13.0. The lowest BCUT2D eigenvalue weighted by Gasteiger charge is -2.34. The van der Waals surface area contributed by atoms with E-state index >= 15 is 0 Å². The Morgan fingerprint density at radius 1 is 1.33 bits per heavy atom. The normalized spacial score (nSPS) is 17.5. The van der Waals surface area contributed by atoms with Crippen LogP contribution in [0.5, 0.6) is 0 Å². The number of amides is 1. The average Bonchev–Trinajstić information content (AvgIpc) is 2.46. The SMILES string of the molecule is CC(C)c1ncncc1C(=O)N1CCC(C(C)N)CC1.Cl. The van der Waals surface area contributed by atoms with E-state index < -0.39 is 0 Å². The first-order valence-electron chi connectivity index (χ1n) is 7.35. The lowest BCUT2D eigenvalue weighted by Crippen LogP contribution is -2.42. The highest BCUT2D eigenvalue weighted by Gasteiger charge is 2.27. The van der Waals surface area contributed by atoms with Crippen molar-refractivity contribution in [3.05, 3.63) is 23.8 Å². The van der Waals surface area contributed by atoms with E-state index in [4.69, 9.17) is 5.73 Å². The van der Waals surface area contributed by atoms with Gasteiger partial charge >= 0.3 is 0 Å². The van der Waals surface area contributed by atoms with Crippen molar-refractivity contribution in [3.63, 3.8) is 0 Å². The predicted octanol–water partition coefficient (Wildman–Crippen LogP) is 2.22. The fraction of sp³-hybridized carbons (Fsp3) is 0.667. The highest BCUT2D eigenvalue weighted by Crippen LogP contribution is 2.23. The van der Waals surface area contributed by atoms with Gasteiger partial charge in [0.25, 0.3) is 5.91 Å². The summed E-state index contributed by atoms with van der Waals surface area (Å²) in [5.41, 5.74) is 7.41. The van der Waals surface area contributed by atoms with Crippen molar-refractivity contribution in [2.75, 3.05) is 13.1 Å². The zero-order chi connectivity index (χ0) is 14.7. The predicted molar refractivity (Wildman–Crippen MR) is 85.6 cm³/mol. The van der Waals surface area contributed by atoms with Gasteiger partial charge in [0.15, 0.2) is 0 Å². The summed E-state index contributed by atoms with van der Waals surface area (Å²) >= 11 is 0. The van der Waals surface area contributed by atoms with E-state index in [0.29, 0.717) is 11.5 Å². The van der Waals surface area contributed by atoms with Crippen LogP contribution in [0.4, 0.5) is 0 Å². The molecule has 1 aliphatic heterocycles. The minimum atomic E-state index is 0. The van der Waals surface area contributed by atoms with Crippen LogP contribution in [-0.2, 0) is 0 Å². The highest BCUT2D eigenvalue weighted by atomic mass is 35.5. The largest absolute Gasteiger partial charge is 0.339 e. The van der Waals surface area contributed by atoms with Gasteiger partial charge in [-0.3, -0.25) is 4.79 Å². The Morgan fingerprint density at radius 3 is 2.48 bits per heavy atom. The Morgan fingerprint density at radius 2 is 1.95 bits per heavy atom. The highest BCUT2D eigenvalue weighted by molar-refractivity contribution is 5.95. The summed E-state index contributed by atoms with van der Waals surface area (Å²) < 4.78 is 0. The molecule has 1 aromatic heterocycles. The Kier molecular flexibility index (Phi) is 6.55. The summed E-state index contributed by atoms with van der Waals surface area (Å²) in [7, 11) is 0. The number of nitrogens with zero attached hydrogens (tertiary/aromatic N) is 3. The maximum Gasteiger partial charge on any atom is 0.257 e. The van der Waals surface area contributed by atoms with E-state index in [9.17, 15) is 4.79 Å². The Balaban J connectivity index is 0.00000220. The van der Waals surface area contributed by atoms with E-state index in [0.717, 1.165) is 31.6 Å². The second-order valence-corrected chi connectivity index (χ2v) is 5.97. The second kappa shape index (κ2) is 7.71. The molecule has 0 aromatic carbocycles. The van der Waals surface area contributed by atoms with Gasteiger partial charge in [-0.05, 0) is 31.6 Å². The summed E-state index contributed by atoms with van der Waals surface area (Å²) in [6.45, 7) is 7.68. The lowest BCUT2D eigenvalue weighted by molar-refractivity contribution is 0.0678. The van der Waals surface area contributed by atoms with Crippen LogP contribution in [-0.4, -0.2) is 39.9 Å². The number of carbonyl (C=O) groups is 1. The van der Waals surface area contributed by atoms with Crippen LogP contribution in [0.1, 0.15) is 55.6 Å². The van der Waals surface area contributed by atoms with E-state index in [1.165, 1.54) is 6.33 Å². The number of likely N-dealkylation sites (tertiary alicyclic amines) is 1. The summed E-state index contributed by atoms with van der Waals surface area (Å²) in [4.78, 5) is 22.8. The summed E-state index contributed by atoms with van der Waals surface area (Å²) in [6, 6.07) is 0.207. The molecular weight excluding hydrogens is 288 g/mol. The lowest BCUT2D eigenvalue weighted by atomic mass is 9.90. The van der Waals surface area contributed by atoms with E-state index in [2.05, 4.69) is 9.97 Å². The molecule has 1 fully saturated rings. The van der Waals surface area contributed by atoms with Crippen LogP contribution >= 0.6 is 12.4 Å². The molecule has 1 aromatic rings. The molecule has 6 heteroatoms. The van der Waals surface area contributed by atoms with Crippen molar-refractivity contribution in [2.45, 2.75) is 45.6 Å². The molecule has 2 heterocycles. The summed E-state index contributed by atoms with van der Waals surface area (Å²) in [6.07, 6.45) is 5.11. The van der Waals surface area contributed by atoms with Gasteiger partial charge < -0.3 is 10.6 Å². The van der Waals surface area contributed by atoms with Gasteiger partial charge in [0.1, 0.15) is 6.33 Å². The van der Waals surface area contributed by atoms with Gasteiger partial charge in [-0.2, -0.15) is 0 Å². The van der Waals surface area contributed by atoms with Gasteiger partial charge in [0.2, 0.25) is 0 Å². The van der Waals surface area contributed by atoms with Crippen molar-refractivity contribution in [1.82, 2.24) is 14.9 Å². The van der Waals surface area contributed by atoms with Gasteiger partial charge in [-0.1, -0.05) is 13.8 Å². The third kappa shape index (κ3) is 4.14. The number of hydrogen-bond donors (Lipinski definition) is 1. The van der Waals surface area contributed by atoms with Crippen molar-refractivity contribution in [1.29, 1.82) is 0 Å². The Hall–Kier alpha value is -1.20. The fourth-order valence-corrected chi connectivity index (χ4v) is 2.76. The molecule has 0 spiro atoms. The Bertz CT molecular complexity index is 470. The van der Waals surface area contributed by atoms with Crippen LogP contribution in [0.3, 0.4) is 0 Å². The van der Waals surface area contributed by atoms with Crippen molar-refractivity contribution in [2.24, 2.45) is 11.7 Å². The summed E-state index contributed by atoms with van der Waals surface area (Å²) in [5, 5.41) is 0. The number of hydrogen-bond acceptors (Lipinski definition) is 4. The van der Waals surface area contributed by atoms with Crippen LogP contribution in [0, 0.1) is 5.92 Å². The van der Waals surface area contributed by atoms with Crippen LogP contribution in [0.25, 0.3) is 0 Å². The van der Waals surface area contributed by atoms with Crippen molar-refractivity contribution in [3.8, 4) is 0 Å². The Labute approximate surface area is 132 Å². The molecule has 0 radical (unpaired) electrons. The third-order valence-electron chi connectivity index (χ3n) is 4.09. The molecule has 2 rings (SSSR count). The van der Waals surface area contributed by atoms with Crippen LogP contribution < -0.4 is 5.73 Å². The molecule has 5 nitrogen and oxygen atoms in total. The number of halogens is 1. The zero-order valence-corrected chi connectivity index (χ0v) is 13.8. The van der Waals surface area contributed by atoms with E-state index in [-0.39, 0.29) is 30.3 Å².